The fraction of sp³-hybridized carbons (Fsp3) is 0.556. The normalized spacial score (nSPS) is 21.0. The minimum Gasteiger partial charge on any atom is -0.314 e. The quantitative estimate of drug-likeness (QED) is 0.656. The van der Waals surface area contributed by atoms with Crippen molar-refractivity contribution in [2.24, 2.45) is 11.8 Å². The van der Waals surface area contributed by atoms with Gasteiger partial charge in [-0.1, -0.05) is 46.1 Å². The molecule has 0 radical (unpaired) electrons. The van der Waals surface area contributed by atoms with Crippen LogP contribution in [0.5, 0.6) is 0 Å². The minimum absolute atomic E-state index is 0.609. The van der Waals surface area contributed by atoms with E-state index in [1.807, 2.05) is 6.08 Å². The molecular formula is C18H29N3. The topological polar surface area (TPSA) is 9.72 Å². The highest BCUT2D eigenvalue weighted by atomic mass is 15.5. The Morgan fingerprint density at radius 3 is 2.19 bits per heavy atom. The second-order valence-corrected chi connectivity index (χ2v) is 6.33. The molecule has 0 aromatic heterocycles. The second kappa shape index (κ2) is 6.42. The molecule has 1 aliphatic heterocycles. The van der Waals surface area contributed by atoms with Gasteiger partial charge in [-0.3, -0.25) is 0 Å². The van der Waals surface area contributed by atoms with E-state index in [0.717, 1.165) is 49.4 Å². The smallest absolute Gasteiger partial charge is 0.108 e. The first-order valence-electron chi connectivity index (χ1n) is 7.99. The third-order valence-corrected chi connectivity index (χ3v) is 4.51. The predicted octanol–water partition coefficient (Wildman–Crippen LogP) is 3.96. The molecule has 0 spiro atoms. The van der Waals surface area contributed by atoms with Gasteiger partial charge in [-0.2, -0.15) is 0 Å². The van der Waals surface area contributed by atoms with Gasteiger partial charge in [-0.15, -0.1) is 6.58 Å². The summed E-state index contributed by atoms with van der Waals surface area (Å²) in [5, 5.41) is 0. The summed E-state index contributed by atoms with van der Waals surface area (Å²) in [4.78, 5) is 6.65. The zero-order valence-electron chi connectivity index (χ0n) is 13.6. The average Bonchev–Trinajstić information content (AvgIpc) is 3.28. The van der Waals surface area contributed by atoms with Crippen LogP contribution in [0.1, 0.15) is 33.1 Å². The van der Waals surface area contributed by atoms with Crippen LogP contribution in [0.2, 0.25) is 0 Å². The molecule has 2 fully saturated rings. The van der Waals surface area contributed by atoms with Gasteiger partial charge in [0.1, 0.15) is 17.5 Å². The Bertz CT molecular complexity index is 447. The molecule has 1 atom stereocenters. The largest absolute Gasteiger partial charge is 0.314 e. The van der Waals surface area contributed by atoms with Crippen LogP contribution < -0.4 is 0 Å². The Labute approximate surface area is 129 Å². The van der Waals surface area contributed by atoms with Crippen LogP contribution in [0.4, 0.5) is 0 Å². The highest BCUT2D eigenvalue weighted by Gasteiger charge is 2.35. The molecule has 116 valence electrons. The van der Waals surface area contributed by atoms with Crippen molar-refractivity contribution in [1.82, 2.24) is 14.7 Å². The third-order valence-electron chi connectivity index (χ3n) is 4.51. The summed E-state index contributed by atoms with van der Waals surface area (Å²) in [6.07, 6.45) is 5.71. The summed E-state index contributed by atoms with van der Waals surface area (Å²) in [5.74, 6) is 4.38. The van der Waals surface area contributed by atoms with Gasteiger partial charge in [0.15, 0.2) is 0 Å². The van der Waals surface area contributed by atoms with E-state index in [9.17, 15) is 0 Å². The van der Waals surface area contributed by atoms with E-state index in [4.69, 9.17) is 0 Å². The molecule has 0 bridgehead atoms. The highest BCUT2D eigenvalue weighted by molar-refractivity contribution is 5.23. The van der Waals surface area contributed by atoms with Crippen LogP contribution in [0.3, 0.4) is 0 Å². The molecule has 2 aliphatic rings. The van der Waals surface area contributed by atoms with E-state index in [1.54, 1.807) is 0 Å². The highest BCUT2D eigenvalue weighted by Crippen LogP contribution is 2.37. The maximum atomic E-state index is 4.32. The maximum absolute atomic E-state index is 4.32. The lowest BCUT2D eigenvalue weighted by Gasteiger charge is -2.49. The van der Waals surface area contributed by atoms with Crippen molar-refractivity contribution in [1.29, 1.82) is 0 Å². The van der Waals surface area contributed by atoms with Crippen LogP contribution in [0, 0.1) is 11.8 Å². The van der Waals surface area contributed by atoms with Gasteiger partial charge in [0.2, 0.25) is 0 Å². The maximum Gasteiger partial charge on any atom is 0.108 e. The molecule has 0 amide bonds. The Hall–Kier alpha value is -1.64. The number of rotatable bonds is 7. The standard InChI is InChI=1S/C18H29N3/c1-7-11-19-15(4)20(12-14(3)8-2)17(6)21(16(19)5)13-18-9-10-18/h7,14,18H,1,4-6,8-13H2,2-3H3. The first kappa shape index (κ1) is 15.7. The van der Waals surface area contributed by atoms with Crippen molar-refractivity contribution < 1.29 is 0 Å². The van der Waals surface area contributed by atoms with Crippen LogP contribution in [0.25, 0.3) is 0 Å². The molecule has 0 N–H and O–H groups in total. The Kier molecular flexibility index (Phi) is 4.81. The molecule has 1 aliphatic carbocycles. The first-order valence-corrected chi connectivity index (χ1v) is 7.99. The van der Waals surface area contributed by atoms with Gasteiger partial charge in [0.25, 0.3) is 0 Å². The lowest BCUT2D eigenvalue weighted by Crippen LogP contribution is -2.50. The van der Waals surface area contributed by atoms with E-state index >= 15 is 0 Å². The summed E-state index contributed by atoms with van der Waals surface area (Å²) in [6.45, 7) is 23.9. The Morgan fingerprint density at radius 2 is 1.67 bits per heavy atom. The van der Waals surface area contributed by atoms with Gasteiger partial charge in [-0.25, -0.2) is 0 Å². The monoisotopic (exact) mass is 287 g/mol. The van der Waals surface area contributed by atoms with Gasteiger partial charge < -0.3 is 14.7 Å². The van der Waals surface area contributed by atoms with E-state index < -0.39 is 0 Å². The molecule has 1 heterocycles. The molecule has 2 rings (SSSR count). The van der Waals surface area contributed by atoms with E-state index in [0.29, 0.717) is 5.92 Å². The lowest BCUT2D eigenvalue weighted by molar-refractivity contribution is 0.124. The molecule has 21 heavy (non-hydrogen) atoms. The van der Waals surface area contributed by atoms with Crippen molar-refractivity contribution in [3.05, 3.63) is 49.9 Å². The average molecular weight is 287 g/mol. The van der Waals surface area contributed by atoms with Crippen molar-refractivity contribution >= 4 is 0 Å². The van der Waals surface area contributed by atoms with Crippen molar-refractivity contribution in [2.75, 3.05) is 19.6 Å². The molecule has 3 heteroatoms. The van der Waals surface area contributed by atoms with Gasteiger partial charge in [0, 0.05) is 19.6 Å². The fourth-order valence-corrected chi connectivity index (χ4v) is 2.64. The van der Waals surface area contributed by atoms with Crippen LogP contribution in [-0.2, 0) is 0 Å². The molecule has 3 nitrogen and oxygen atoms in total. The van der Waals surface area contributed by atoms with Crippen molar-refractivity contribution in [3.8, 4) is 0 Å². The summed E-state index contributed by atoms with van der Waals surface area (Å²) < 4.78 is 0. The van der Waals surface area contributed by atoms with E-state index in [-0.39, 0.29) is 0 Å². The SMILES string of the molecule is C=CCN1C(=C)N(CC(C)CC)C(=C)N(CC2CC2)C1=C. The molecular weight excluding hydrogens is 258 g/mol. The molecule has 1 unspecified atom stereocenters. The number of nitrogens with zero attached hydrogens (tertiary/aromatic N) is 3. The summed E-state index contributed by atoms with van der Waals surface area (Å²) in [6, 6.07) is 0. The summed E-state index contributed by atoms with van der Waals surface area (Å²) in [5.41, 5.74) is 0. The zero-order valence-corrected chi connectivity index (χ0v) is 13.6. The van der Waals surface area contributed by atoms with Crippen LogP contribution in [-0.4, -0.2) is 34.3 Å². The van der Waals surface area contributed by atoms with E-state index in [1.165, 1.54) is 12.8 Å². The summed E-state index contributed by atoms with van der Waals surface area (Å²) in [7, 11) is 0. The Morgan fingerprint density at radius 1 is 1.10 bits per heavy atom. The zero-order chi connectivity index (χ0) is 15.6. The predicted molar refractivity (Wildman–Crippen MR) is 89.9 cm³/mol. The summed E-state index contributed by atoms with van der Waals surface area (Å²) >= 11 is 0. The minimum atomic E-state index is 0.609. The fourth-order valence-electron chi connectivity index (χ4n) is 2.64. The number of hydrogen-bond donors (Lipinski definition) is 0. The molecule has 1 saturated heterocycles. The van der Waals surface area contributed by atoms with E-state index in [2.05, 4.69) is 54.9 Å². The molecule has 0 aromatic rings. The van der Waals surface area contributed by atoms with Crippen LogP contribution in [0.15, 0.2) is 49.9 Å². The third kappa shape index (κ3) is 3.34. The van der Waals surface area contributed by atoms with Gasteiger partial charge >= 0.3 is 0 Å². The van der Waals surface area contributed by atoms with Crippen LogP contribution >= 0.6 is 0 Å². The van der Waals surface area contributed by atoms with Gasteiger partial charge in [-0.05, 0) is 24.7 Å². The van der Waals surface area contributed by atoms with Crippen molar-refractivity contribution in [2.45, 2.75) is 33.1 Å². The first-order chi connectivity index (χ1) is 9.99. The molecule has 0 aromatic carbocycles. The van der Waals surface area contributed by atoms with Gasteiger partial charge in [0.05, 0.1) is 0 Å². The molecule has 1 saturated carbocycles. The lowest BCUT2D eigenvalue weighted by atomic mass is 10.1. The number of hydrogen-bond acceptors (Lipinski definition) is 3. The van der Waals surface area contributed by atoms with Crippen molar-refractivity contribution in [3.63, 3.8) is 0 Å². The Balaban J connectivity index is 2.21. The second-order valence-electron chi connectivity index (χ2n) is 6.33.